The first-order valence-electron chi connectivity index (χ1n) is 6.49. The van der Waals surface area contributed by atoms with Crippen LogP contribution in [-0.2, 0) is 13.5 Å². The molecule has 0 N–H and O–H groups in total. The second-order valence-electron chi connectivity index (χ2n) is 5.32. The van der Waals surface area contributed by atoms with Gasteiger partial charge in [0.05, 0.1) is 11.9 Å². The van der Waals surface area contributed by atoms with Crippen molar-refractivity contribution in [2.45, 2.75) is 25.2 Å². The Kier molecular flexibility index (Phi) is 2.88. The minimum absolute atomic E-state index is 0.000526. The molecule has 1 fully saturated rings. The summed E-state index contributed by atoms with van der Waals surface area (Å²) in [5.41, 5.74) is 2.13. The standard InChI is InChI=1S/C15H16F2N2/c1-19-13(12-5-3-2-4-6-12)10-18-14(19)7-11-8-15(16,17)9-11/h2-6,10-11H,7-9H2,1H3. The summed E-state index contributed by atoms with van der Waals surface area (Å²) in [5.74, 6) is -1.49. The third kappa shape index (κ3) is 2.39. The Morgan fingerprint density at radius 1 is 1.26 bits per heavy atom. The van der Waals surface area contributed by atoms with Crippen LogP contribution in [0.25, 0.3) is 11.3 Å². The molecule has 19 heavy (non-hydrogen) atoms. The van der Waals surface area contributed by atoms with Gasteiger partial charge in [0, 0.05) is 26.3 Å². The van der Waals surface area contributed by atoms with E-state index in [-0.39, 0.29) is 18.8 Å². The van der Waals surface area contributed by atoms with Crippen LogP contribution in [0.5, 0.6) is 0 Å². The van der Waals surface area contributed by atoms with Crippen molar-refractivity contribution in [2.24, 2.45) is 13.0 Å². The molecule has 0 atom stereocenters. The van der Waals surface area contributed by atoms with Crippen molar-refractivity contribution in [3.8, 4) is 11.3 Å². The molecule has 0 spiro atoms. The van der Waals surface area contributed by atoms with E-state index in [9.17, 15) is 8.78 Å². The topological polar surface area (TPSA) is 17.8 Å². The smallest absolute Gasteiger partial charge is 0.248 e. The van der Waals surface area contributed by atoms with Crippen LogP contribution in [-0.4, -0.2) is 15.5 Å². The Labute approximate surface area is 111 Å². The number of aromatic nitrogens is 2. The number of halogens is 2. The molecule has 1 aliphatic rings. The van der Waals surface area contributed by atoms with Crippen molar-refractivity contribution in [3.63, 3.8) is 0 Å². The third-order valence-corrected chi connectivity index (χ3v) is 3.80. The first-order valence-corrected chi connectivity index (χ1v) is 6.49. The van der Waals surface area contributed by atoms with Crippen LogP contribution in [0, 0.1) is 5.92 Å². The normalized spacial score (nSPS) is 18.3. The number of hydrogen-bond acceptors (Lipinski definition) is 1. The van der Waals surface area contributed by atoms with Crippen molar-refractivity contribution in [2.75, 3.05) is 0 Å². The Bertz CT molecular complexity index is 567. The fourth-order valence-corrected chi connectivity index (χ4v) is 2.70. The van der Waals surface area contributed by atoms with Gasteiger partial charge in [-0.05, 0) is 11.5 Å². The van der Waals surface area contributed by atoms with E-state index in [1.54, 1.807) is 0 Å². The number of rotatable bonds is 3. The van der Waals surface area contributed by atoms with E-state index in [1.807, 2.05) is 48.1 Å². The van der Waals surface area contributed by atoms with Crippen LogP contribution in [0.1, 0.15) is 18.7 Å². The fraction of sp³-hybridized carbons (Fsp3) is 0.400. The van der Waals surface area contributed by atoms with Gasteiger partial charge in [0.1, 0.15) is 5.82 Å². The molecule has 2 aromatic rings. The molecule has 4 heteroatoms. The van der Waals surface area contributed by atoms with Crippen molar-refractivity contribution >= 4 is 0 Å². The Morgan fingerprint density at radius 2 is 1.95 bits per heavy atom. The van der Waals surface area contributed by atoms with Crippen LogP contribution < -0.4 is 0 Å². The zero-order valence-corrected chi connectivity index (χ0v) is 10.8. The summed E-state index contributed by atoms with van der Waals surface area (Å²) in [6, 6.07) is 9.98. The van der Waals surface area contributed by atoms with Crippen molar-refractivity contribution in [1.82, 2.24) is 9.55 Å². The molecule has 0 radical (unpaired) electrons. The summed E-state index contributed by atoms with van der Waals surface area (Å²) in [5, 5.41) is 0. The van der Waals surface area contributed by atoms with E-state index >= 15 is 0 Å². The maximum Gasteiger partial charge on any atom is 0.248 e. The minimum atomic E-state index is -2.45. The first-order chi connectivity index (χ1) is 9.05. The van der Waals surface area contributed by atoms with E-state index in [2.05, 4.69) is 4.98 Å². The molecule has 1 saturated carbocycles. The summed E-state index contributed by atoms with van der Waals surface area (Å²) in [7, 11) is 1.95. The van der Waals surface area contributed by atoms with Gasteiger partial charge in [-0.3, -0.25) is 0 Å². The lowest BCUT2D eigenvalue weighted by atomic mass is 9.79. The van der Waals surface area contributed by atoms with Crippen LogP contribution >= 0.6 is 0 Å². The minimum Gasteiger partial charge on any atom is -0.331 e. The highest BCUT2D eigenvalue weighted by Crippen LogP contribution is 2.43. The highest BCUT2D eigenvalue weighted by molar-refractivity contribution is 5.58. The van der Waals surface area contributed by atoms with Gasteiger partial charge in [0.2, 0.25) is 5.92 Å². The lowest BCUT2D eigenvalue weighted by Gasteiger charge is -2.34. The van der Waals surface area contributed by atoms with Gasteiger partial charge in [0.15, 0.2) is 0 Å². The van der Waals surface area contributed by atoms with Crippen LogP contribution in [0.3, 0.4) is 0 Å². The number of hydrogen-bond donors (Lipinski definition) is 0. The molecule has 1 aromatic heterocycles. The highest BCUT2D eigenvalue weighted by atomic mass is 19.3. The lowest BCUT2D eigenvalue weighted by Crippen LogP contribution is -2.36. The van der Waals surface area contributed by atoms with Gasteiger partial charge in [-0.1, -0.05) is 30.3 Å². The lowest BCUT2D eigenvalue weighted by molar-refractivity contribution is -0.110. The van der Waals surface area contributed by atoms with Gasteiger partial charge in [-0.25, -0.2) is 13.8 Å². The molecule has 1 aliphatic carbocycles. The Balaban J connectivity index is 1.77. The maximum atomic E-state index is 12.8. The second kappa shape index (κ2) is 4.44. The molecule has 1 aromatic carbocycles. The van der Waals surface area contributed by atoms with E-state index in [0.717, 1.165) is 17.1 Å². The number of benzene rings is 1. The molecule has 2 nitrogen and oxygen atoms in total. The van der Waals surface area contributed by atoms with Gasteiger partial charge < -0.3 is 4.57 Å². The number of imidazole rings is 1. The SMILES string of the molecule is Cn1c(-c2ccccc2)cnc1CC1CC(F)(F)C1. The highest BCUT2D eigenvalue weighted by Gasteiger charge is 2.45. The zero-order valence-electron chi connectivity index (χ0n) is 10.8. The Hall–Kier alpha value is -1.71. The summed E-state index contributed by atoms with van der Waals surface area (Å²) in [4.78, 5) is 4.38. The molecular formula is C15H16F2N2. The van der Waals surface area contributed by atoms with Gasteiger partial charge in [-0.2, -0.15) is 0 Å². The average Bonchev–Trinajstić information content (AvgIpc) is 2.70. The molecule has 0 amide bonds. The summed E-state index contributed by atoms with van der Waals surface area (Å²) >= 11 is 0. The molecule has 100 valence electrons. The van der Waals surface area contributed by atoms with Crippen LogP contribution in [0.2, 0.25) is 0 Å². The monoisotopic (exact) mass is 262 g/mol. The van der Waals surface area contributed by atoms with Crippen molar-refractivity contribution in [3.05, 3.63) is 42.4 Å². The Morgan fingerprint density at radius 3 is 2.58 bits per heavy atom. The molecular weight excluding hydrogens is 246 g/mol. The fourth-order valence-electron chi connectivity index (χ4n) is 2.70. The quantitative estimate of drug-likeness (QED) is 0.825. The van der Waals surface area contributed by atoms with E-state index < -0.39 is 5.92 Å². The predicted molar refractivity (Wildman–Crippen MR) is 70.0 cm³/mol. The maximum absolute atomic E-state index is 12.8. The summed E-state index contributed by atoms with van der Waals surface area (Å²) in [6.45, 7) is 0. The molecule has 0 saturated heterocycles. The summed E-state index contributed by atoms with van der Waals surface area (Å²) < 4.78 is 27.7. The third-order valence-electron chi connectivity index (χ3n) is 3.80. The van der Waals surface area contributed by atoms with E-state index in [0.29, 0.717) is 6.42 Å². The zero-order chi connectivity index (χ0) is 13.5. The van der Waals surface area contributed by atoms with Crippen LogP contribution in [0.15, 0.2) is 36.5 Å². The predicted octanol–water partition coefficient (Wildman–Crippen LogP) is 3.67. The summed E-state index contributed by atoms with van der Waals surface area (Å²) in [6.07, 6.45) is 2.46. The molecule has 3 rings (SSSR count). The van der Waals surface area contributed by atoms with E-state index in [1.165, 1.54) is 0 Å². The van der Waals surface area contributed by atoms with Crippen molar-refractivity contribution < 1.29 is 8.78 Å². The number of alkyl halides is 2. The molecule has 1 heterocycles. The molecule has 0 unspecified atom stereocenters. The average molecular weight is 262 g/mol. The van der Waals surface area contributed by atoms with E-state index in [4.69, 9.17) is 0 Å². The first kappa shape index (κ1) is 12.3. The van der Waals surface area contributed by atoms with Gasteiger partial charge in [-0.15, -0.1) is 0 Å². The molecule has 0 aliphatic heterocycles. The number of nitrogens with zero attached hydrogens (tertiary/aromatic N) is 2. The van der Waals surface area contributed by atoms with Gasteiger partial charge >= 0.3 is 0 Å². The second-order valence-corrected chi connectivity index (χ2v) is 5.32. The van der Waals surface area contributed by atoms with Gasteiger partial charge in [0.25, 0.3) is 0 Å². The largest absolute Gasteiger partial charge is 0.331 e. The molecule has 0 bridgehead atoms. The van der Waals surface area contributed by atoms with Crippen LogP contribution in [0.4, 0.5) is 8.78 Å². The van der Waals surface area contributed by atoms with Crippen molar-refractivity contribution in [1.29, 1.82) is 0 Å².